The number of rotatable bonds is 5. The highest BCUT2D eigenvalue weighted by molar-refractivity contribution is 7.90. The Morgan fingerprint density at radius 3 is 2.66 bits per heavy atom. The maximum Gasteiger partial charge on any atom is 0.241 e. The number of sulfonamides is 1. The Hall–Kier alpha value is -1.98. The molecule has 0 unspecified atom stereocenters. The second kappa shape index (κ2) is 7.37. The maximum absolute atomic E-state index is 14.8. The van der Waals surface area contributed by atoms with E-state index >= 15 is 0 Å². The van der Waals surface area contributed by atoms with Gasteiger partial charge in [0.15, 0.2) is 0 Å². The molecule has 5 rings (SSSR count). The second-order valence-electron chi connectivity index (χ2n) is 8.00. The Labute approximate surface area is 169 Å². The molecule has 2 aliphatic heterocycles. The molecule has 3 aliphatic rings. The third-order valence-corrected chi connectivity index (χ3v) is 8.31. The van der Waals surface area contributed by atoms with Gasteiger partial charge in [-0.1, -0.05) is 0 Å². The van der Waals surface area contributed by atoms with Gasteiger partial charge < -0.3 is 15.5 Å². The van der Waals surface area contributed by atoms with E-state index in [4.69, 9.17) is 0 Å². The lowest BCUT2D eigenvalue weighted by Gasteiger charge is -2.34. The Bertz CT molecular complexity index is 987. The number of alkyl halides is 1. The highest BCUT2D eigenvalue weighted by atomic mass is 32.2. The summed E-state index contributed by atoms with van der Waals surface area (Å²) in [5.41, 5.74) is 0.881. The molecule has 0 bridgehead atoms. The van der Waals surface area contributed by atoms with Crippen molar-refractivity contribution < 1.29 is 12.8 Å². The molecule has 2 saturated heterocycles. The molecule has 1 saturated carbocycles. The fourth-order valence-corrected chi connectivity index (χ4v) is 5.96. The molecule has 3 fully saturated rings. The van der Waals surface area contributed by atoms with Crippen LogP contribution in [0.1, 0.15) is 19.3 Å². The van der Waals surface area contributed by atoms with Crippen LogP contribution in [0.4, 0.5) is 16.2 Å². The highest BCUT2D eigenvalue weighted by Gasteiger charge is 2.43. The quantitative estimate of drug-likeness (QED) is 0.721. The van der Waals surface area contributed by atoms with Crippen LogP contribution in [0.15, 0.2) is 18.3 Å². The van der Waals surface area contributed by atoms with Crippen molar-refractivity contribution in [1.82, 2.24) is 24.2 Å². The first-order valence-corrected chi connectivity index (χ1v) is 11.7. The van der Waals surface area contributed by atoms with Crippen molar-refractivity contribution in [2.24, 2.45) is 0 Å². The number of anilines is 2. The molecule has 2 aromatic heterocycles. The van der Waals surface area contributed by atoms with Crippen LogP contribution in [0.25, 0.3) is 5.52 Å². The van der Waals surface area contributed by atoms with E-state index in [0.29, 0.717) is 31.8 Å². The zero-order valence-corrected chi connectivity index (χ0v) is 17.0. The maximum atomic E-state index is 14.8. The Morgan fingerprint density at radius 2 is 1.93 bits per heavy atom. The molecule has 2 aromatic rings. The molecule has 158 valence electrons. The van der Waals surface area contributed by atoms with Gasteiger partial charge in [-0.15, -0.1) is 5.10 Å². The lowest BCUT2D eigenvalue weighted by molar-refractivity contribution is 0.185. The smallest absolute Gasteiger partial charge is 0.241 e. The Morgan fingerprint density at radius 1 is 1.14 bits per heavy atom. The van der Waals surface area contributed by atoms with E-state index in [2.05, 4.69) is 25.6 Å². The van der Waals surface area contributed by atoms with Crippen molar-refractivity contribution in [2.75, 3.05) is 49.5 Å². The van der Waals surface area contributed by atoms with Gasteiger partial charge in [-0.2, -0.15) is 4.31 Å². The van der Waals surface area contributed by atoms with Gasteiger partial charge in [0.05, 0.1) is 23.0 Å². The van der Waals surface area contributed by atoms with Crippen LogP contribution in [0.2, 0.25) is 0 Å². The number of nitrogens with zero attached hydrogens (tertiary/aromatic N) is 5. The van der Waals surface area contributed by atoms with Crippen LogP contribution in [-0.2, 0) is 10.0 Å². The van der Waals surface area contributed by atoms with Crippen LogP contribution in [0.5, 0.6) is 0 Å². The summed E-state index contributed by atoms with van der Waals surface area (Å²) in [5.74, 6) is 1.35. The van der Waals surface area contributed by atoms with Crippen LogP contribution in [-0.4, -0.2) is 84.1 Å². The number of hydrogen-bond acceptors (Lipinski definition) is 7. The summed E-state index contributed by atoms with van der Waals surface area (Å²) < 4.78 is 42.7. The fourth-order valence-electron chi connectivity index (χ4n) is 4.10. The first kappa shape index (κ1) is 19.0. The number of piperazine rings is 1. The third-order valence-electron chi connectivity index (χ3n) is 5.94. The van der Waals surface area contributed by atoms with Crippen molar-refractivity contribution in [3.63, 3.8) is 0 Å². The minimum absolute atomic E-state index is 0.103. The summed E-state index contributed by atoms with van der Waals surface area (Å²) in [6.07, 6.45) is 2.20. The number of fused-ring (bicyclic) bond motifs is 1. The van der Waals surface area contributed by atoms with Crippen molar-refractivity contribution >= 4 is 27.3 Å². The number of halogens is 1. The number of nitrogens with one attached hydrogen (secondary N) is 2. The van der Waals surface area contributed by atoms with Crippen LogP contribution < -0.4 is 15.5 Å². The van der Waals surface area contributed by atoms with Crippen LogP contribution in [0.3, 0.4) is 0 Å². The van der Waals surface area contributed by atoms with E-state index in [1.165, 1.54) is 4.31 Å². The molecule has 0 aromatic carbocycles. The van der Waals surface area contributed by atoms with E-state index < -0.39 is 22.2 Å². The van der Waals surface area contributed by atoms with Crippen LogP contribution in [0, 0.1) is 0 Å². The highest BCUT2D eigenvalue weighted by Crippen LogP contribution is 2.33. The molecule has 0 spiro atoms. The SMILES string of the molecule is O=S(=O)(C1CC1)N1CC[C@@H](Nc2ncc3ccc(N4CCNCC4)n3n2)[C@H](F)C1. The summed E-state index contributed by atoms with van der Waals surface area (Å²) in [6, 6.07) is 3.50. The lowest BCUT2D eigenvalue weighted by atomic mass is 10.1. The summed E-state index contributed by atoms with van der Waals surface area (Å²) in [7, 11) is -3.34. The van der Waals surface area contributed by atoms with Crippen molar-refractivity contribution in [3.05, 3.63) is 18.3 Å². The molecule has 1 aliphatic carbocycles. The minimum atomic E-state index is -3.34. The predicted octanol–water partition coefficient (Wildman–Crippen LogP) is 0.455. The third kappa shape index (κ3) is 3.66. The Balaban J connectivity index is 1.30. The average Bonchev–Trinajstić information content (AvgIpc) is 3.51. The molecule has 9 nitrogen and oxygen atoms in total. The van der Waals surface area contributed by atoms with E-state index in [1.54, 1.807) is 6.20 Å². The second-order valence-corrected chi connectivity index (χ2v) is 10.2. The summed E-state index contributed by atoms with van der Waals surface area (Å²) in [5, 5.41) is 10.7. The molecule has 2 N–H and O–H groups in total. The molecular weight excluding hydrogens is 397 g/mol. The first-order valence-electron chi connectivity index (χ1n) is 10.2. The van der Waals surface area contributed by atoms with Crippen molar-refractivity contribution in [3.8, 4) is 0 Å². The van der Waals surface area contributed by atoms with Gasteiger partial charge in [-0.3, -0.25) is 0 Å². The number of aromatic nitrogens is 3. The zero-order valence-electron chi connectivity index (χ0n) is 16.2. The van der Waals surface area contributed by atoms with Crippen molar-refractivity contribution in [1.29, 1.82) is 0 Å². The van der Waals surface area contributed by atoms with Gasteiger partial charge in [0.2, 0.25) is 16.0 Å². The zero-order chi connectivity index (χ0) is 20.0. The molecule has 0 radical (unpaired) electrons. The van der Waals surface area contributed by atoms with Gasteiger partial charge >= 0.3 is 0 Å². The lowest BCUT2D eigenvalue weighted by Crippen LogP contribution is -2.50. The normalized spacial score (nSPS) is 26.7. The summed E-state index contributed by atoms with van der Waals surface area (Å²) in [6.45, 7) is 3.88. The largest absolute Gasteiger partial charge is 0.354 e. The first-order chi connectivity index (χ1) is 14.0. The van der Waals surface area contributed by atoms with E-state index in [-0.39, 0.29) is 11.8 Å². The number of hydrogen-bond donors (Lipinski definition) is 2. The van der Waals surface area contributed by atoms with Crippen LogP contribution >= 0.6 is 0 Å². The number of piperidine rings is 1. The van der Waals surface area contributed by atoms with Gasteiger partial charge in [-0.05, 0) is 31.4 Å². The average molecular weight is 424 g/mol. The van der Waals surface area contributed by atoms with Gasteiger partial charge in [0, 0.05) is 39.3 Å². The Kier molecular flexibility index (Phi) is 4.83. The molecule has 11 heteroatoms. The van der Waals surface area contributed by atoms with E-state index in [0.717, 1.165) is 37.5 Å². The molecule has 29 heavy (non-hydrogen) atoms. The monoisotopic (exact) mass is 423 g/mol. The van der Waals surface area contributed by atoms with E-state index in [9.17, 15) is 12.8 Å². The topological polar surface area (TPSA) is 94.9 Å². The minimum Gasteiger partial charge on any atom is -0.354 e. The van der Waals surface area contributed by atoms with E-state index in [1.807, 2.05) is 16.6 Å². The summed E-state index contributed by atoms with van der Waals surface area (Å²) >= 11 is 0. The van der Waals surface area contributed by atoms with Gasteiger partial charge in [0.1, 0.15) is 12.0 Å². The van der Waals surface area contributed by atoms with Gasteiger partial charge in [-0.25, -0.2) is 22.3 Å². The fraction of sp³-hybridized carbons (Fsp3) is 0.667. The summed E-state index contributed by atoms with van der Waals surface area (Å²) in [4.78, 5) is 6.59. The standard InChI is InChI=1S/C18H26FN7O2S/c19-15-12-25(29(27,28)14-2-3-14)8-5-16(15)22-18-21-11-13-1-4-17(26(13)23-18)24-9-6-20-7-10-24/h1,4,11,14-16,20H,2-3,5-10,12H2,(H,22,23)/t15-,16-/m1/s1. The molecular formula is C18H26FN7O2S. The predicted molar refractivity (Wildman–Crippen MR) is 109 cm³/mol. The molecule has 2 atom stereocenters. The van der Waals surface area contributed by atoms with Gasteiger partial charge in [0.25, 0.3) is 0 Å². The molecule has 4 heterocycles. The van der Waals surface area contributed by atoms with Crippen molar-refractivity contribution in [2.45, 2.75) is 36.7 Å². The molecule has 0 amide bonds.